The van der Waals surface area contributed by atoms with Crippen molar-refractivity contribution in [2.45, 2.75) is 24.3 Å². The van der Waals surface area contributed by atoms with Crippen LogP contribution in [0, 0.1) is 0 Å². The van der Waals surface area contributed by atoms with E-state index < -0.39 is 0 Å². The third-order valence-electron chi connectivity index (χ3n) is 5.27. The highest BCUT2D eigenvalue weighted by Gasteiger charge is 2.14. The van der Waals surface area contributed by atoms with Gasteiger partial charge in [-0.3, -0.25) is 9.36 Å². The molecule has 0 saturated carbocycles. The normalized spacial score (nSPS) is 11.2. The number of benzene rings is 3. The van der Waals surface area contributed by atoms with Gasteiger partial charge in [0.2, 0.25) is 0 Å². The van der Waals surface area contributed by atoms with E-state index in [9.17, 15) is 4.79 Å². The highest BCUT2D eigenvalue weighted by molar-refractivity contribution is 7.98. The van der Waals surface area contributed by atoms with Crippen LogP contribution in [-0.4, -0.2) is 14.5 Å². The predicted molar refractivity (Wildman–Crippen MR) is 134 cm³/mol. The van der Waals surface area contributed by atoms with Gasteiger partial charge in [0.15, 0.2) is 5.16 Å². The third kappa shape index (κ3) is 4.11. The van der Waals surface area contributed by atoms with Crippen LogP contribution in [0.15, 0.2) is 94.2 Å². The Labute approximate surface area is 194 Å². The monoisotopic (exact) mass is 455 g/mol. The van der Waals surface area contributed by atoms with Gasteiger partial charge in [0.05, 0.1) is 22.3 Å². The number of thiazole rings is 1. The van der Waals surface area contributed by atoms with Gasteiger partial charge in [0.1, 0.15) is 5.01 Å². The summed E-state index contributed by atoms with van der Waals surface area (Å²) in [4.78, 5) is 23.0. The third-order valence-corrected chi connectivity index (χ3v) is 7.18. The molecule has 0 aliphatic heterocycles. The molecule has 3 aromatic carbocycles. The molecule has 0 saturated heterocycles. The Kier molecular flexibility index (Phi) is 5.88. The molecule has 0 N–H and O–H groups in total. The van der Waals surface area contributed by atoms with E-state index in [4.69, 9.17) is 9.97 Å². The van der Waals surface area contributed by atoms with Crippen molar-refractivity contribution in [3.63, 3.8) is 0 Å². The van der Waals surface area contributed by atoms with Gasteiger partial charge >= 0.3 is 0 Å². The van der Waals surface area contributed by atoms with Crippen LogP contribution >= 0.6 is 23.1 Å². The number of aryl methyl sites for hydroxylation is 1. The fourth-order valence-corrected chi connectivity index (χ4v) is 5.38. The summed E-state index contributed by atoms with van der Waals surface area (Å²) >= 11 is 3.17. The maximum Gasteiger partial charge on any atom is 0.266 e. The Morgan fingerprint density at radius 1 is 0.906 bits per heavy atom. The summed E-state index contributed by atoms with van der Waals surface area (Å²) in [5.74, 6) is 0.640. The topological polar surface area (TPSA) is 47.8 Å². The van der Waals surface area contributed by atoms with E-state index in [1.807, 2.05) is 54.6 Å². The summed E-state index contributed by atoms with van der Waals surface area (Å²) < 4.78 is 1.72. The molecule has 0 fully saturated rings. The Morgan fingerprint density at radius 2 is 1.66 bits per heavy atom. The number of hydrogen-bond acceptors (Lipinski definition) is 5. The Morgan fingerprint density at radius 3 is 2.44 bits per heavy atom. The zero-order valence-corrected chi connectivity index (χ0v) is 19.2. The van der Waals surface area contributed by atoms with Crippen molar-refractivity contribution in [3.05, 3.63) is 106 Å². The van der Waals surface area contributed by atoms with E-state index in [1.54, 1.807) is 15.9 Å². The van der Waals surface area contributed by atoms with E-state index in [1.165, 1.54) is 17.3 Å². The first-order chi connectivity index (χ1) is 15.7. The Hall–Kier alpha value is -3.22. The largest absolute Gasteiger partial charge is 0.268 e. The minimum absolute atomic E-state index is 0.0504. The van der Waals surface area contributed by atoms with Crippen molar-refractivity contribution in [1.29, 1.82) is 0 Å². The molecule has 0 aliphatic carbocycles. The zero-order valence-electron chi connectivity index (χ0n) is 17.6. The molecule has 32 heavy (non-hydrogen) atoms. The molecule has 0 unspecified atom stereocenters. The maximum atomic E-state index is 13.4. The second kappa shape index (κ2) is 9.10. The Balaban J connectivity index is 1.51. The quantitative estimate of drug-likeness (QED) is 0.221. The van der Waals surface area contributed by atoms with Gasteiger partial charge in [0, 0.05) is 16.7 Å². The van der Waals surface area contributed by atoms with Gasteiger partial charge in [-0.2, -0.15) is 0 Å². The van der Waals surface area contributed by atoms with Gasteiger partial charge in [-0.05, 0) is 36.2 Å². The van der Waals surface area contributed by atoms with Crippen LogP contribution in [0.25, 0.3) is 27.2 Å². The first kappa shape index (κ1) is 20.7. The highest BCUT2D eigenvalue weighted by Crippen LogP contribution is 2.28. The van der Waals surface area contributed by atoms with Crippen molar-refractivity contribution in [3.8, 4) is 16.3 Å². The predicted octanol–water partition coefficient (Wildman–Crippen LogP) is 6.36. The van der Waals surface area contributed by atoms with Crippen molar-refractivity contribution < 1.29 is 0 Å². The molecule has 0 amide bonds. The van der Waals surface area contributed by atoms with Crippen LogP contribution in [0.5, 0.6) is 0 Å². The van der Waals surface area contributed by atoms with Crippen LogP contribution in [0.4, 0.5) is 0 Å². The molecule has 0 spiro atoms. The number of hydrogen-bond donors (Lipinski definition) is 0. The van der Waals surface area contributed by atoms with E-state index >= 15 is 0 Å². The van der Waals surface area contributed by atoms with Crippen LogP contribution < -0.4 is 5.56 Å². The molecule has 6 heteroatoms. The van der Waals surface area contributed by atoms with Crippen molar-refractivity contribution >= 4 is 34.0 Å². The number of rotatable bonds is 6. The van der Waals surface area contributed by atoms with Crippen molar-refractivity contribution in [1.82, 2.24) is 14.5 Å². The molecular weight excluding hydrogens is 434 g/mol. The molecule has 158 valence electrons. The van der Waals surface area contributed by atoms with E-state index in [-0.39, 0.29) is 5.56 Å². The summed E-state index contributed by atoms with van der Waals surface area (Å²) in [5, 5.41) is 4.37. The average molecular weight is 456 g/mol. The molecule has 2 heterocycles. The molecule has 5 aromatic rings. The SMILES string of the molecule is CCc1ccc(-n2c(SCc3csc(-c4ccccc4)n3)nc3ccccc3c2=O)cc1. The molecule has 2 aromatic heterocycles. The van der Waals surface area contributed by atoms with Gasteiger partial charge in [-0.15, -0.1) is 11.3 Å². The maximum absolute atomic E-state index is 13.4. The minimum Gasteiger partial charge on any atom is -0.268 e. The van der Waals surface area contributed by atoms with E-state index in [2.05, 4.69) is 36.6 Å². The van der Waals surface area contributed by atoms with E-state index in [0.717, 1.165) is 28.4 Å². The smallest absolute Gasteiger partial charge is 0.266 e. The molecule has 0 bridgehead atoms. The lowest BCUT2D eigenvalue weighted by atomic mass is 10.1. The fourth-order valence-electron chi connectivity index (χ4n) is 3.54. The summed E-state index contributed by atoms with van der Waals surface area (Å²) in [6, 6.07) is 25.8. The lowest BCUT2D eigenvalue weighted by Gasteiger charge is -2.13. The number of fused-ring (bicyclic) bond motifs is 1. The highest BCUT2D eigenvalue weighted by atomic mass is 32.2. The van der Waals surface area contributed by atoms with Gasteiger partial charge in [-0.1, -0.05) is 73.3 Å². The number of nitrogens with zero attached hydrogens (tertiary/aromatic N) is 3. The lowest BCUT2D eigenvalue weighted by molar-refractivity contribution is 0.818. The number of para-hydroxylation sites is 1. The summed E-state index contributed by atoms with van der Waals surface area (Å²) in [6.45, 7) is 2.12. The van der Waals surface area contributed by atoms with Crippen LogP contribution in [0.2, 0.25) is 0 Å². The fraction of sp³-hybridized carbons (Fsp3) is 0.115. The van der Waals surface area contributed by atoms with Crippen molar-refractivity contribution in [2.24, 2.45) is 0 Å². The summed E-state index contributed by atoms with van der Waals surface area (Å²) in [5.41, 5.74) is 4.83. The minimum atomic E-state index is -0.0504. The molecule has 0 radical (unpaired) electrons. The molecule has 5 rings (SSSR count). The van der Waals surface area contributed by atoms with Crippen LogP contribution in [0.3, 0.4) is 0 Å². The lowest BCUT2D eigenvalue weighted by Crippen LogP contribution is -2.21. The average Bonchev–Trinajstić information content (AvgIpc) is 3.33. The summed E-state index contributed by atoms with van der Waals surface area (Å²) in [7, 11) is 0. The number of thioether (sulfide) groups is 1. The van der Waals surface area contributed by atoms with E-state index in [0.29, 0.717) is 21.8 Å². The molecule has 0 atom stereocenters. The second-order valence-electron chi connectivity index (χ2n) is 7.37. The number of aromatic nitrogens is 3. The first-order valence-electron chi connectivity index (χ1n) is 10.5. The van der Waals surface area contributed by atoms with Gasteiger partial charge in [0.25, 0.3) is 5.56 Å². The molecular formula is C26H21N3OS2. The van der Waals surface area contributed by atoms with Crippen LogP contribution in [0.1, 0.15) is 18.2 Å². The van der Waals surface area contributed by atoms with Gasteiger partial charge < -0.3 is 0 Å². The van der Waals surface area contributed by atoms with Crippen molar-refractivity contribution in [2.75, 3.05) is 0 Å². The van der Waals surface area contributed by atoms with Crippen LogP contribution in [-0.2, 0) is 12.2 Å². The first-order valence-corrected chi connectivity index (χ1v) is 12.3. The summed E-state index contributed by atoms with van der Waals surface area (Å²) in [6.07, 6.45) is 0.959. The molecule has 0 aliphatic rings. The second-order valence-corrected chi connectivity index (χ2v) is 9.17. The zero-order chi connectivity index (χ0) is 21.9. The standard InChI is InChI=1S/C26H21N3OS2/c1-2-18-12-14-21(15-13-18)29-25(30)22-10-6-7-11-23(22)28-26(29)32-17-20-16-31-24(27-20)19-8-4-3-5-9-19/h3-16H,2,17H2,1H3. The molecule has 4 nitrogen and oxygen atoms in total. The van der Waals surface area contributed by atoms with Gasteiger partial charge in [-0.25, -0.2) is 9.97 Å². The Bertz CT molecular complexity index is 1420.